The second-order valence-electron chi connectivity index (χ2n) is 5.08. The van der Waals surface area contributed by atoms with Crippen LogP contribution in [0.1, 0.15) is 30.1 Å². The first-order valence-electron chi connectivity index (χ1n) is 7.01. The van der Waals surface area contributed by atoms with Gasteiger partial charge in [-0.1, -0.05) is 19.1 Å². The largest absolute Gasteiger partial charge is 0.369 e. The number of para-hydroxylation sites is 1. The molecule has 6 heteroatoms. The Labute approximate surface area is 123 Å². The number of nitrogens with two attached hydrogens (primary N) is 1. The van der Waals surface area contributed by atoms with Gasteiger partial charge in [0.25, 0.3) is 5.91 Å². The van der Waals surface area contributed by atoms with Gasteiger partial charge in [-0.05, 0) is 18.6 Å². The molecule has 6 nitrogen and oxygen atoms in total. The Morgan fingerprint density at radius 1 is 1.38 bits per heavy atom. The topological polar surface area (TPSA) is 92.5 Å². The quantitative estimate of drug-likeness (QED) is 0.834. The summed E-state index contributed by atoms with van der Waals surface area (Å²) >= 11 is 0. The highest BCUT2D eigenvalue weighted by Crippen LogP contribution is 2.28. The smallest absolute Gasteiger partial charge is 0.253 e. The summed E-state index contributed by atoms with van der Waals surface area (Å²) < 4.78 is 0. The standard InChI is InChI=1S/C15H19N3O3/c1-2-7-17-15(21)11-5-3-4-6-12(11)18-9-10(14(16)20)8-13(18)19/h3-6,10H,2,7-9H2,1H3,(H2,16,20)(H,17,21). The average Bonchev–Trinajstić information content (AvgIpc) is 2.87. The van der Waals surface area contributed by atoms with Gasteiger partial charge in [0.05, 0.1) is 17.2 Å². The number of anilines is 1. The van der Waals surface area contributed by atoms with Gasteiger partial charge in [-0.2, -0.15) is 0 Å². The summed E-state index contributed by atoms with van der Waals surface area (Å²) in [4.78, 5) is 36.9. The van der Waals surface area contributed by atoms with E-state index in [0.717, 1.165) is 6.42 Å². The van der Waals surface area contributed by atoms with Crippen LogP contribution in [0.3, 0.4) is 0 Å². The fraction of sp³-hybridized carbons (Fsp3) is 0.400. The minimum absolute atomic E-state index is 0.0975. The number of hydrogen-bond donors (Lipinski definition) is 2. The van der Waals surface area contributed by atoms with Crippen LogP contribution in [0, 0.1) is 5.92 Å². The summed E-state index contributed by atoms with van der Waals surface area (Å²) in [6, 6.07) is 6.89. The summed E-state index contributed by atoms with van der Waals surface area (Å²) in [6.45, 7) is 2.77. The second kappa shape index (κ2) is 6.39. The van der Waals surface area contributed by atoms with Gasteiger partial charge >= 0.3 is 0 Å². The molecule has 1 saturated heterocycles. The van der Waals surface area contributed by atoms with Crippen molar-refractivity contribution in [2.75, 3.05) is 18.0 Å². The molecule has 0 saturated carbocycles. The third-order valence-corrected chi connectivity index (χ3v) is 3.50. The summed E-state index contributed by atoms with van der Waals surface area (Å²) in [7, 11) is 0. The first-order valence-corrected chi connectivity index (χ1v) is 7.01. The van der Waals surface area contributed by atoms with E-state index in [-0.39, 0.29) is 24.8 Å². The second-order valence-corrected chi connectivity index (χ2v) is 5.08. The summed E-state index contributed by atoms with van der Waals surface area (Å²) in [5.41, 5.74) is 6.23. The molecule has 1 aromatic rings. The van der Waals surface area contributed by atoms with Crippen LogP contribution in [0.2, 0.25) is 0 Å². The van der Waals surface area contributed by atoms with E-state index >= 15 is 0 Å². The van der Waals surface area contributed by atoms with Crippen LogP contribution in [0.25, 0.3) is 0 Å². The molecular formula is C15H19N3O3. The number of benzene rings is 1. The number of hydrogen-bond acceptors (Lipinski definition) is 3. The van der Waals surface area contributed by atoms with E-state index in [4.69, 9.17) is 5.73 Å². The molecule has 112 valence electrons. The zero-order chi connectivity index (χ0) is 15.4. The highest BCUT2D eigenvalue weighted by atomic mass is 16.2. The lowest BCUT2D eigenvalue weighted by molar-refractivity contribution is -0.123. The Kier molecular flexibility index (Phi) is 4.57. The van der Waals surface area contributed by atoms with Crippen molar-refractivity contribution in [3.8, 4) is 0 Å². The van der Waals surface area contributed by atoms with Crippen molar-refractivity contribution in [3.05, 3.63) is 29.8 Å². The number of nitrogens with one attached hydrogen (secondary N) is 1. The number of primary amides is 1. The SMILES string of the molecule is CCCNC(=O)c1ccccc1N1CC(C(N)=O)CC1=O. The monoisotopic (exact) mass is 289 g/mol. The van der Waals surface area contributed by atoms with Gasteiger partial charge in [0, 0.05) is 19.5 Å². The Morgan fingerprint density at radius 2 is 2.10 bits per heavy atom. The molecule has 0 radical (unpaired) electrons. The van der Waals surface area contributed by atoms with Crippen LogP contribution in [0.5, 0.6) is 0 Å². The maximum Gasteiger partial charge on any atom is 0.253 e. The lowest BCUT2D eigenvalue weighted by Crippen LogP contribution is -2.31. The van der Waals surface area contributed by atoms with Crippen LogP contribution in [0.15, 0.2) is 24.3 Å². The van der Waals surface area contributed by atoms with Crippen LogP contribution in [-0.2, 0) is 9.59 Å². The van der Waals surface area contributed by atoms with Crippen molar-refractivity contribution < 1.29 is 14.4 Å². The minimum Gasteiger partial charge on any atom is -0.369 e. The van der Waals surface area contributed by atoms with Crippen LogP contribution in [-0.4, -0.2) is 30.8 Å². The summed E-state index contributed by atoms with van der Waals surface area (Å²) in [6.07, 6.45) is 0.931. The van der Waals surface area contributed by atoms with Gasteiger partial charge in [-0.3, -0.25) is 14.4 Å². The van der Waals surface area contributed by atoms with Gasteiger partial charge in [-0.25, -0.2) is 0 Å². The molecule has 21 heavy (non-hydrogen) atoms. The molecule has 1 unspecified atom stereocenters. The number of carbonyl (C=O) groups excluding carboxylic acids is 3. The molecule has 1 aromatic carbocycles. The molecule has 2 rings (SSSR count). The van der Waals surface area contributed by atoms with Crippen molar-refractivity contribution in [1.82, 2.24) is 5.32 Å². The van der Waals surface area contributed by atoms with E-state index in [1.165, 1.54) is 4.90 Å². The van der Waals surface area contributed by atoms with E-state index in [1.807, 2.05) is 6.92 Å². The molecule has 1 aliphatic rings. The van der Waals surface area contributed by atoms with Crippen molar-refractivity contribution in [2.45, 2.75) is 19.8 Å². The number of nitrogens with zero attached hydrogens (tertiary/aromatic N) is 1. The number of carbonyl (C=O) groups is 3. The van der Waals surface area contributed by atoms with E-state index in [2.05, 4.69) is 5.32 Å². The van der Waals surface area contributed by atoms with E-state index in [9.17, 15) is 14.4 Å². The zero-order valence-electron chi connectivity index (χ0n) is 12.0. The Hall–Kier alpha value is -2.37. The molecule has 0 aliphatic carbocycles. The van der Waals surface area contributed by atoms with Gasteiger partial charge < -0.3 is 16.0 Å². The van der Waals surface area contributed by atoms with E-state index < -0.39 is 11.8 Å². The van der Waals surface area contributed by atoms with Gasteiger partial charge in [-0.15, -0.1) is 0 Å². The first-order chi connectivity index (χ1) is 10.0. The minimum atomic E-state index is -0.496. The summed E-state index contributed by atoms with van der Waals surface area (Å²) in [5, 5.41) is 2.79. The van der Waals surface area contributed by atoms with E-state index in [1.54, 1.807) is 24.3 Å². The van der Waals surface area contributed by atoms with Gasteiger partial charge in [0.1, 0.15) is 0 Å². The van der Waals surface area contributed by atoms with Crippen molar-refractivity contribution in [1.29, 1.82) is 0 Å². The molecule has 1 aliphatic heterocycles. The Balaban J connectivity index is 2.26. The zero-order valence-corrected chi connectivity index (χ0v) is 12.0. The predicted molar refractivity (Wildman–Crippen MR) is 78.7 cm³/mol. The Morgan fingerprint density at radius 3 is 2.71 bits per heavy atom. The van der Waals surface area contributed by atoms with Gasteiger partial charge in [0.15, 0.2) is 0 Å². The van der Waals surface area contributed by atoms with Crippen LogP contribution in [0.4, 0.5) is 5.69 Å². The molecule has 0 spiro atoms. The molecule has 0 aromatic heterocycles. The predicted octanol–water partition coefficient (Wildman–Crippen LogP) is 0.665. The average molecular weight is 289 g/mol. The molecule has 1 heterocycles. The molecule has 1 fully saturated rings. The van der Waals surface area contributed by atoms with Crippen molar-refractivity contribution in [2.24, 2.45) is 11.7 Å². The maximum atomic E-state index is 12.2. The summed E-state index contributed by atoms with van der Waals surface area (Å²) in [5.74, 6) is -1.39. The number of rotatable bonds is 5. The van der Waals surface area contributed by atoms with E-state index in [0.29, 0.717) is 17.8 Å². The number of amides is 3. The molecule has 1 atom stereocenters. The van der Waals surface area contributed by atoms with Crippen molar-refractivity contribution in [3.63, 3.8) is 0 Å². The van der Waals surface area contributed by atoms with Crippen molar-refractivity contribution >= 4 is 23.4 Å². The molecule has 0 bridgehead atoms. The highest BCUT2D eigenvalue weighted by Gasteiger charge is 2.35. The molecule has 3 N–H and O–H groups in total. The van der Waals surface area contributed by atoms with Crippen LogP contribution < -0.4 is 16.0 Å². The fourth-order valence-electron chi connectivity index (χ4n) is 2.37. The Bertz CT molecular complexity index is 571. The highest BCUT2D eigenvalue weighted by molar-refractivity contribution is 6.07. The molecular weight excluding hydrogens is 270 g/mol. The fourth-order valence-corrected chi connectivity index (χ4v) is 2.37. The normalized spacial score (nSPS) is 17.9. The third kappa shape index (κ3) is 3.21. The lowest BCUT2D eigenvalue weighted by atomic mass is 10.1. The van der Waals surface area contributed by atoms with Crippen LogP contribution >= 0.6 is 0 Å². The van der Waals surface area contributed by atoms with Gasteiger partial charge in [0.2, 0.25) is 11.8 Å². The maximum absolute atomic E-state index is 12.2. The molecule has 3 amide bonds. The first kappa shape index (κ1) is 15.0. The lowest BCUT2D eigenvalue weighted by Gasteiger charge is -2.19. The third-order valence-electron chi connectivity index (χ3n) is 3.50.